The molecule has 2 heterocycles. The third kappa shape index (κ3) is 6.26. The summed E-state index contributed by atoms with van der Waals surface area (Å²) in [7, 11) is 0. The SMILES string of the molecule is C#Cc1ccc(-c2cc(-c3ccc(C#N)cc3)cc(-n3c4ccccc4c4c3ccc3c5ccccc5n(-c5cc(-c6ccc(C#N)cc6)cc(-c6ccc(C#N)cc6)c5)c34)c2)cc1. The van der Waals surface area contributed by atoms with Crippen LogP contribution in [0.3, 0.4) is 0 Å². The molecule has 0 aliphatic rings. The van der Waals surface area contributed by atoms with E-state index in [1.807, 2.05) is 84.9 Å². The van der Waals surface area contributed by atoms with E-state index < -0.39 is 0 Å². The highest BCUT2D eigenvalue weighted by molar-refractivity contribution is 6.26. The summed E-state index contributed by atoms with van der Waals surface area (Å²) in [6.07, 6.45) is 5.76. The molecule has 5 nitrogen and oxygen atoms in total. The smallest absolute Gasteiger partial charge is 0.0991 e. The average molecular weight is 812 g/mol. The Bertz CT molecular complexity index is 3690. The molecule has 0 aliphatic heterocycles. The summed E-state index contributed by atoms with van der Waals surface area (Å²) < 4.78 is 4.77. The zero-order chi connectivity index (χ0) is 43.3. The van der Waals surface area contributed by atoms with Crippen LogP contribution in [0.2, 0.25) is 0 Å². The van der Waals surface area contributed by atoms with Crippen LogP contribution in [-0.2, 0) is 0 Å². The molecule has 0 radical (unpaired) electrons. The number of para-hydroxylation sites is 2. The van der Waals surface area contributed by atoms with E-state index in [1.54, 1.807) is 0 Å². The summed E-state index contributed by atoms with van der Waals surface area (Å²) >= 11 is 0. The van der Waals surface area contributed by atoms with Crippen molar-refractivity contribution < 1.29 is 0 Å². The van der Waals surface area contributed by atoms with E-state index in [0.717, 1.165) is 105 Å². The van der Waals surface area contributed by atoms with Crippen molar-refractivity contribution in [2.45, 2.75) is 0 Å². The lowest BCUT2D eigenvalue weighted by atomic mass is 9.96. The van der Waals surface area contributed by atoms with E-state index in [2.05, 4.69) is 142 Å². The Balaban J connectivity index is 1.22. The molecule has 2 aromatic heterocycles. The monoisotopic (exact) mass is 811 g/mol. The number of nitriles is 3. The van der Waals surface area contributed by atoms with E-state index in [-0.39, 0.29) is 0 Å². The summed E-state index contributed by atoms with van der Waals surface area (Å²) in [5.41, 5.74) is 17.0. The number of rotatable bonds is 6. The fourth-order valence-electron chi connectivity index (χ4n) is 9.17. The van der Waals surface area contributed by atoms with Crippen LogP contribution >= 0.6 is 0 Å². The van der Waals surface area contributed by atoms with Gasteiger partial charge in [-0.15, -0.1) is 6.42 Å². The predicted molar refractivity (Wildman–Crippen MR) is 259 cm³/mol. The molecule has 0 unspecified atom stereocenters. The van der Waals surface area contributed by atoms with E-state index >= 15 is 0 Å². The van der Waals surface area contributed by atoms with Gasteiger partial charge in [-0.3, -0.25) is 0 Å². The van der Waals surface area contributed by atoms with Crippen molar-refractivity contribution in [1.29, 1.82) is 15.8 Å². The van der Waals surface area contributed by atoms with Crippen molar-refractivity contribution in [3.63, 3.8) is 0 Å². The van der Waals surface area contributed by atoms with Gasteiger partial charge in [0.05, 0.1) is 57.0 Å². The molecule has 0 bridgehead atoms. The molecule has 0 saturated heterocycles. The zero-order valence-electron chi connectivity index (χ0n) is 34.3. The zero-order valence-corrected chi connectivity index (χ0v) is 34.3. The number of hydrogen-bond donors (Lipinski definition) is 0. The number of aromatic nitrogens is 2. The van der Waals surface area contributed by atoms with Crippen LogP contribution in [0.25, 0.3) is 99.5 Å². The molecule has 0 aliphatic carbocycles. The number of fused-ring (bicyclic) bond motifs is 7. The standard InChI is InChI=1S/C59H33N5/c1-2-38-11-19-42(20-12-38)46-29-47(43-21-13-39(35-60)14-22-43)32-50(31-46)63-56-10-6-4-8-54(56)58-57(63)28-27-53-52-7-3-5-9-55(52)64(59(53)58)51-33-48(44-23-15-40(36-61)16-24-44)30-49(34-51)45-25-17-41(37-62)18-26-45/h1,3-34H. The molecule has 0 spiro atoms. The number of benzene rings is 9. The van der Waals surface area contributed by atoms with Crippen molar-refractivity contribution in [2.24, 2.45) is 0 Å². The minimum Gasteiger partial charge on any atom is -0.309 e. The Labute approximate surface area is 369 Å². The Morgan fingerprint density at radius 3 is 1.16 bits per heavy atom. The van der Waals surface area contributed by atoms with Gasteiger partial charge in [-0.25, -0.2) is 0 Å². The second-order valence-corrected chi connectivity index (χ2v) is 15.9. The summed E-state index contributed by atoms with van der Waals surface area (Å²) in [5, 5.41) is 33.3. The first-order valence-corrected chi connectivity index (χ1v) is 20.9. The van der Waals surface area contributed by atoms with Gasteiger partial charge in [-0.05, 0) is 148 Å². The van der Waals surface area contributed by atoms with Crippen LogP contribution in [0.5, 0.6) is 0 Å². The normalized spacial score (nSPS) is 11.1. The molecular formula is C59H33N5. The van der Waals surface area contributed by atoms with E-state index in [0.29, 0.717) is 16.7 Å². The molecular weight excluding hydrogens is 779 g/mol. The maximum absolute atomic E-state index is 9.61. The molecule has 294 valence electrons. The van der Waals surface area contributed by atoms with E-state index in [9.17, 15) is 15.8 Å². The molecule has 11 rings (SSSR count). The van der Waals surface area contributed by atoms with Crippen molar-refractivity contribution in [2.75, 3.05) is 0 Å². The maximum atomic E-state index is 9.61. The number of terminal acetylenes is 1. The van der Waals surface area contributed by atoms with Gasteiger partial charge in [0.15, 0.2) is 0 Å². The van der Waals surface area contributed by atoms with E-state index in [4.69, 9.17) is 6.42 Å². The van der Waals surface area contributed by atoms with Gasteiger partial charge < -0.3 is 9.13 Å². The van der Waals surface area contributed by atoms with Crippen LogP contribution in [-0.4, -0.2) is 9.13 Å². The number of hydrogen-bond acceptors (Lipinski definition) is 3. The topological polar surface area (TPSA) is 81.2 Å². The minimum absolute atomic E-state index is 0.602. The summed E-state index contributed by atoms with van der Waals surface area (Å²) in [6, 6.07) is 73.1. The second-order valence-electron chi connectivity index (χ2n) is 15.9. The van der Waals surface area contributed by atoms with Gasteiger partial charge in [0, 0.05) is 38.5 Å². The molecule has 9 aromatic carbocycles. The predicted octanol–water partition coefficient (Wildman–Crippen LogP) is 14.1. The Morgan fingerprint density at radius 1 is 0.328 bits per heavy atom. The van der Waals surface area contributed by atoms with Gasteiger partial charge in [-0.2, -0.15) is 15.8 Å². The molecule has 0 N–H and O–H groups in total. The first-order valence-electron chi connectivity index (χ1n) is 20.9. The highest BCUT2D eigenvalue weighted by Gasteiger charge is 2.22. The lowest BCUT2D eigenvalue weighted by Gasteiger charge is -2.15. The van der Waals surface area contributed by atoms with Crippen LogP contribution in [0.1, 0.15) is 22.3 Å². The van der Waals surface area contributed by atoms with E-state index in [1.165, 1.54) is 0 Å². The lowest BCUT2D eigenvalue weighted by molar-refractivity contribution is 1.17. The summed E-state index contributed by atoms with van der Waals surface area (Å²) in [5.74, 6) is 2.75. The first-order chi connectivity index (χ1) is 31.5. The second kappa shape index (κ2) is 15.3. The lowest BCUT2D eigenvalue weighted by Crippen LogP contribution is -1.98. The average Bonchev–Trinajstić information content (AvgIpc) is 3.89. The highest BCUT2D eigenvalue weighted by atomic mass is 15.0. The van der Waals surface area contributed by atoms with Gasteiger partial charge in [0.2, 0.25) is 0 Å². The molecule has 0 fully saturated rings. The Kier molecular flexibility index (Phi) is 8.96. The van der Waals surface area contributed by atoms with Crippen molar-refractivity contribution in [3.8, 4) is 86.4 Å². The van der Waals surface area contributed by atoms with Crippen molar-refractivity contribution in [3.05, 3.63) is 216 Å². The van der Waals surface area contributed by atoms with Crippen molar-refractivity contribution >= 4 is 43.6 Å². The molecule has 11 aromatic rings. The third-order valence-corrected chi connectivity index (χ3v) is 12.2. The van der Waals surface area contributed by atoms with Gasteiger partial charge in [0.25, 0.3) is 0 Å². The van der Waals surface area contributed by atoms with Crippen molar-refractivity contribution in [1.82, 2.24) is 9.13 Å². The maximum Gasteiger partial charge on any atom is 0.0991 e. The Morgan fingerprint density at radius 2 is 0.719 bits per heavy atom. The molecule has 5 heteroatoms. The van der Waals surface area contributed by atoms with Gasteiger partial charge >= 0.3 is 0 Å². The third-order valence-electron chi connectivity index (χ3n) is 12.2. The summed E-state index contributed by atoms with van der Waals surface area (Å²) in [6.45, 7) is 0. The molecule has 0 amide bonds. The number of nitrogens with zero attached hydrogens (tertiary/aromatic N) is 5. The summed E-state index contributed by atoms with van der Waals surface area (Å²) in [4.78, 5) is 0. The molecule has 0 atom stereocenters. The van der Waals surface area contributed by atoms with Crippen LogP contribution in [0.15, 0.2) is 194 Å². The Hall–Kier alpha value is -9.39. The minimum atomic E-state index is 0.602. The largest absolute Gasteiger partial charge is 0.309 e. The van der Waals surface area contributed by atoms with Crippen LogP contribution in [0, 0.1) is 46.3 Å². The first kappa shape index (κ1) is 37.6. The molecule has 64 heavy (non-hydrogen) atoms. The fourth-order valence-corrected chi connectivity index (χ4v) is 9.17. The van der Waals surface area contributed by atoms with Gasteiger partial charge in [0.1, 0.15) is 0 Å². The fraction of sp³-hybridized carbons (Fsp3) is 0. The van der Waals surface area contributed by atoms with Crippen LogP contribution < -0.4 is 0 Å². The quantitative estimate of drug-likeness (QED) is 0.157. The van der Waals surface area contributed by atoms with Gasteiger partial charge in [-0.1, -0.05) is 96.9 Å². The molecule has 0 saturated carbocycles. The van der Waals surface area contributed by atoms with Crippen LogP contribution in [0.4, 0.5) is 0 Å². The highest BCUT2D eigenvalue weighted by Crippen LogP contribution is 2.44.